The lowest BCUT2D eigenvalue weighted by molar-refractivity contribution is -0.121. The van der Waals surface area contributed by atoms with E-state index in [2.05, 4.69) is 36.6 Å². The molecule has 1 aromatic rings. The number of hydrogen-bond donors (Lipinski definition) is 2. The molecule has 0 spiro atoms. The number of amides is 1. The third-order valence-electron chi connectivity index (χ3n) is 3.54. The summed E-state index contributed by atoms with van der Waals surface area (Å²) in [6.07, 6.45) is 0.541. The molecule has 1 amide bonds. The molecule has 0 aliphatic rings. The van der Waals surface area contributed by atoms with Crippen molar-refractivity contribution in [1.82, 2.24) is 10.6 Å². The fraction of sp³-hybridized carbons (Fsp3) is 0.588. The van der Waals surface area contributed by atoms with E-state index in [0.717, 1.165) is 13.1 Å². The Kier molecular flexibility index (Phi) is 11.8. The van der Waals surface area contributed by atoms with E-state index in [0.29, 0.717) is 25.5 Å². The van der Waals surface area contributed by atoms with Gasteiger partial charge in [-0.25, -0.2) is 0 Å². The van der Waals surface area contributed by atoms with Gasteiger partial charge in [0.2, 0.25) is 5.91 Å². The van der Waals surface area contributed by atoms with Gasteiger partial charge in [-0.05, 0) is 17.4 Å². The second kappa shape index (κ2) is 12.4. The molecule has 0 bridgehead atoms. The summed E-state index contributed by atoms with van der Waals surface area (Å²) >= 11 is 0. The monoisotopic (exact) mass is 328 g/mol. The average molecular weight is 329 g/mol. The molecule has 0 saturated heterocycles. The van der Waals surface area contributed by atoms with Crippen molar-refractivity contribution in [2.75, 3.05) is 33.4 Å². The molecule has 1 aromatic carbocycles. The molecular weight excluding hydrogens is 300 g/mol. The highest BCUT2D eigenvalue weighted by atomic mass is 35.5. The predicted octanol–water partition coefficient (Wildman–Crippen LogP) is 2.59. The Balaban J connectivity index is 0.00000441. The molecule has 0 aromatic heterocycles. The molecule has 0 radical (unpaired) electrons. The number of halogens is 1. The lowest BCUT2D eigenvalue weighted by Crippen LogP contribution is -2.34. The van der Waals surface area contributed by atoms with Crippen molar-refractivity contribution in [2.24, 2.45) is 5.92 Å². The van der Waals surface area contributed by atoms with Crippen molar-refractivity contribution in [2.45, 2.75) is 26.2 Å². The predicted molar refractivity (Wildman–Crippen MR) is 93.6 cm³/mol. The van der Waals surface area contributed by atoms with Crippen molar-refractivity contribution in [3.8, 4) is 0 Å². The maximum atomic E-state index is 12.1. The molecule has 5 heteroatoms. The van der Waals surface area contributed by atoms with Gasteiger partial charge in [0, 0.05) is 33.2 Å². The molecular formula is C17H29ClN2O2. The number of rotatable bonds is 10. The highest BCUT2D eigenvalue weighted by molar-refractivity contribution is 5.85. The molecule has 1 atom stereocenters. The minimum Gasteiger partial charge on any atom is -0.383 e. The quantitative estimate of drug-likeness (QED) is 0.649. The molecule has 0 saturated carbocycles. The van der Waals surface area contributed by atoms with Crippen LogP contribution in [-0.2, 0) is 9.53 Å². The second-order valence-electron chi connectivity index (χ2n) is 5.56. The van der Waals surface area contributed by atoms with Crippen LogP contribution in [0.15, 0.2) is 30.3 Å². The maximum Gasteiger partial charge on any atom is 0.220 e. The third kappa shape index (κ3) is 8.37. The minimum absolute atomic E-state index is 0. The first kappa shape index (κ1) is 20.9. The fourth-order valence-electron chi connectivity index (χ4n) is 2.30. The van der Waals surface area contributed by atoms with Crippen molar-refractivity contribution >= 4 is 18.3 Å². The van der Waals surface area contributed by atoms with Gasteiger partial charge in [0.15, 0.2) is 0 Å². The topological polar surface area (TPSA) is 50.4 Å². The van der Waals surface area contributed by atoms with E-state index in [9.17, 15) is 4.79 Å². The summed E-state index contributed by atoms with van der Waals surface area (Å²) in [5.41, 5.74) is 1.24. The van der Waals surface area contributed by atoms with E-state index in [-0.39, 0.29) is 24.2 Å². The molecule has 0 aliphatic heterocycles. The standard InChI is InChI=1S/C17H28N2O2.ClH/c1-14(2)16(15-7-5-4-6-8-15)13-17(20)19-10-9-18-11-12-21-3;/h4-8,14,16,18H,9-13H2,1-3H3,(H,19,20);1H. The number of carbonyl (C=O) groups is 1. The molecule has 126 valence electrons. The Morgan fingerprint density at radius 2 is 1.82 bits per heavy atom. The van der Waals surface area contributed by atoms with Crippen LogP contribution in [0.3, 0.4) is 0 Å². The first-order valence-electron chi connectivity index (χ1n) is 7.66. The minimum atomic E-state index is 0. The summed E-state index contributed by atoms with van der Waals surface area (Å²) < 4.78 is 4.95. The number of nitrogens with one attached hydrogen (secondary N) is 2. The van der Waals surface area contributed by atoms with Crippen LogP contribution in [0.4, 0.5) is 0 Å². The SMILES string of the molecule is COCCNCCNC(=O)CC(c1ccccc1)C(C)C.Cl. The molecule has 1 rings (SSSR count). The molecule has 22 heavy (non-hydrogen) atoms. The fourth-order valence-corrected chi connectivity index (χ4v) is 2.30. The summed E-state index contributed by atoms with van der Waals surface area (Å²) in [6.45, 7) is 7.26. The lowest BCUT2D eigenvalue weighted by Gasteiger charge is -2.21. The normalized spacial score (nSPS) is 11.8. The van der Waals surface area contributed by atoms with E-state index in [1.165, 1.54) is 5.56 Å². The van der Waals surface area contributed by atoms with Crippen molar-refractivity contribution < 1.29 is 9.53 Å². The van der Waals surface area contributed by atoms with Crippen LogP contribution < -0.4 is 10.6 Å². The number of hydrogen-bond acceptors (Lipinski definition) is 3. The van der Waals surface area contributed by atoms with E-state index < -0.39 is 0 Å². The number of methoxy groups -OCH3 is 1. The highest BCUT2D eigenvalue weighted by Crippen LogP contribution is 2.27. The summed E-state index contributed by atoms with van der Waals surface area (Å²) in [6, 6.07) is 10.3. The van der Waals surface area contributed by atoms with Crippen LogP contribution in [0.1, 0.15) is 31.7 Å². The van der Waals surface area contributed by atoms with Crippen LogP contribution in [-0.4, -0.2) is 39.3 Å². The van der Waals surface area contributed by atoms with Crippen molar-refractivity contribution in [3.63, 3.8) is 0 Å². The van der Waals surface area contributed by atoms with Gasteiger partial charge in [-0.1, -0.05) is 44.2 Å². The van der Waals surface area contributed by atoms with Gasteiger partial charge in [-0.15, -0.1) is 12.4 Å². The summed E-state index contributed by atoms with van der Waals surface area (Å²) in [7, 11) is 1.68. The number of ether oxygens (including phenoxy) is 1. The van der Waals surface area contributed by atoms with E-state index >= 15 is 0 Å². The first-order valence-corrected chi connectivity index (χ1v) is 7.66. The van der Waals surface area contributed by atoms with Gasteiger partial charge in [0.25, 0.3) is 0 Å². The van der Waals surface area contributed by atoms with E-state index in [1.54, 1.807) is 7.11 Å². The van der Waals surface area contributed by atoms with Gasteiger partial charge in [0.05, 0.1) is 6.61 Å². The van der Waals surface area contributed by atoms with Crippen LogP contribution in [0, 0.1) is 5.92 Å². The smallest absolute Gasteiger partial charge is 0.220 e. The first-order chi connectivity index (χ1) is 10.1. The van der Waals surface area contributed by atoms with Crippen molar-refractivity contribution in [1.29, 1.82) is 0 Å². The van der Waals surface area contributed by atoms with E-state index in [1.807, 2.05) is 18.2 Å². The summed E-state index contributed by atoms with van der Waals surface area (Å²) in [5, 5.41) is 6.18. The largest absolute Gasteiger partial charge is 0.383 e. The zero-order valence-electron chi connectivity index (χ0n) is 13.8. The molecule has 4 nitrogen and oxygen atoms in total. The second-order valence-corrected chi connectivity index (χ2v) is 5.56. The third-order valence-corrected chi connectivity index (χ3v) is 3.54. The molecule has 0 heterocycles. The Morgan fingerprint density at radius 3 is 2.41 bits per heavy atom. The summed E-state index contributed by atoms with van der Waals surface area (Å²) in [5.74, 6) is 0.830. The van der Waals surface area contributed by atoms with Gasteiger partial charge in [-0.2, -0.15) is 0 Å². The molecule has 2 N–H and O–H groups in total. The van der Waals surface area contributed by atoms with Gasteiger partial charge >= 0.3 is 0 Å². The molecule has 1 unspecified atom stereocenters. The Labute approximate surface area is 140 Å². The van der Waals surface area contributed by atoms with Crippen LogP contribution in [0.2, 0.25) is 0 Å². The van der Waals surface area contributed by atoms with Gasteiger partial charge in [0.1, 0.15) is 0 Å². The summed E-state index contributed by atoms with van der Waals surface area (Å²) in [4.78, 5) is 12.1. The Bertz CT molecular complexity index is 399. The number of carbonyl (C=O) groups excluding carboxylic acids is 1. The zero-order valence-corrected chi connectivity index (χ0v) is 14.6. The molecule has 0 aliphatic carbocycles. The van der Waals surface area contributed by atoms with Crippen LogP contribution >= 0.6 is 12.4 Å². The van der Waals surface area contributed by atoms with E-state index in [4.69, 9.17) is 4.74 Å². The highest BCUT2D eigenvalue weighted by Gasteiger charge is 2.19. The zero-order chi connectivity index (χ0) is 15.5. The lowest BCUT2D eigenvalue weighted by atomic mass is 9.85. The van der Waals surface area contributed by atoms with Crippen LogP contribution in [0.25, 0.3) is 0 Å². The number of benzene rings is 1. The Morgan fingerprint density at radius 1 is 1.14 bits per heavy atom. The average Bonchev–Trinajstić information content (AvgIpc) is 2.49. The van der Waals surface area contributed by atoms with Gasteiger partial charge in [-0.3, -0.25) is 4.79 Å². The Hall–Kier alpha value is -1.10. The van der Waals surface area contributed by atoms with Crippen molar-refractivity contribution in [3.05, 3.63) is 35.9 Å². The maximum absolute atomic E-state index is 12.1. The molecule has 0 fully saturated rings. The van der Waals surface area contributed by atoms with Gasteiger partial charge < -0.3 is 15.4 Å². The van der Waals surface area contributed by atoms with Crippen LogP contribution in [0.5, 0.6) is 0 Å².